The van der Waals surface area contributed by atoms with Crippen molar-refractivity contribution in [2.24, 2.45) is 0 Å². The highest BCUT2D eigenvalue weighted by Gasteiger charge is 2.28. The van der Waals surface area contributed by atoms with Crippen LogP contribution in [0, 0.1) is 0 Å². The Balaban J connectivity index is 1.57. The van der Waals surface area contributed by atoms with E-state index in [4.69, 9.17) is 10.5 Å². The first kappa shape index (κ1) is 12.8. The fourth-order valence-corrected chi connectivity index (χ4v) is 3.40. The number of anilines is 1. The van der Waals surface area contributed by atoms with Crippen LogP contribution in [-0.4, -0.2) is 30.1 Å². The van der Waals surface area contributed by atoms with Gasteiger partial charge in [-0.1, -0.05) is 12.8 Å². The minimum absolute atomic E-state index is 0.345. The van der Waals surface area contributed by atoms with Gasteiger partial charge in [0.05, 0.1) is 0 Å². The lowest BCUT2D eigenvalue weighted by Crippen LogP contribution is -2.45. The molecule has 0 spiro atoms. The van der Waals surface area contributed by atoms with Crippen molar-refractivity contribution >= 4 is 5.69 Å². The summed E-state index contributed by atoms with van der Waals surface area (Å²) >= 11 is 0. The van der Waals surface area contributed by atoms with Gasteiger partial charge in [-0.05, 0) is 56.5 Å². The number of benzene rings is 1. The van der Waals surface area contributed by atoms with Crippen LogP contribution in [0.2, 0.25) is 0 Å². The Kier molecular flexibility index (Phi) is 3.92. The molecule has 3 nitrogen and oxygen atoms in total. The van der Waals surface area contributed by atoms with Crippen LogP contribution in [0.5, 0.6) is 5.75 Å². The van der Waals surface area contributed by atoms with Crippen LogP contribution in [0.15, 0.2) is 24.3 Å². The molecular formula is C16H24N2O. The summed E-state index contributed by atoms with van der Waals surface area (Å²) < 4.78 is 6.10. The molecule has 2 N–H and O–H groups in total. The molecule has 0 radical (unpaired) electrons. The molecule has 2 fully saturated rings. The highest BCUT2D eigenvalue weighted by molar-refractivity contribution is 5.41. The van der Waals surface area contributed by atoms with Crippen LogP contribution >= 0.6 is 0 Å². The zero-order valence-corrected chi connectivity index (χ0v) is 11.6. The number of hydrogen-bond donors (Lipinski definition) is 1. The number of hydrogen-bond acceptors (Lipinski definition) is 3. The average Bonchev–Trinajstić information content (AvgIpc) is 2.96. The first-order valence-corrected chi connectivity index (χ1v) is 7.57. The predicted octanol–water partition coefficient (Wildman–Crippen LogP) is 3.05. The van der Waals surface area contributed by atoms with Crippen LogP contribution in [0.4, 0.5) is 5.69 Å². The summed E-state index contributed by atoms with van der Waals surface area (Å²) in [5.74, 6) is 0.951. The van der Waals surface area contributed by atoms with Crippen LogP contribution in [-0.2, 0) is 0 Å². The maximum atomic E-state index is 6.10. The number of rotatable bonds is 3. The van der Waals surface area contributed by atoms with Gasteiger partial charge in [-0.2, -0.15) is 0 Å². The third kappa shape index (κ3) is 3.21. The zero-order valence-electron chi connectivity index (χ0n) is 11.6. The van der Waals surface area contributed by atoms with Gasteiger partial charge >= 0.3 is 0 Å². The average molecular weight is 260 g/mol. The monoisotopic (exact) mass is 260 g/mol. The van der Waals surface area contributed by atoms with E-state index in [9.17, 15) is 0 Å². The van der Waals surface area contributed by atoms with E-state index in [-0.39, 0.29) is 0 Å². The zero-order chi connectivity index (χ0) is 13.1. The van der Waals surface area contributed by atoms with Crippen molar-refractivity contribution in [1.82, 2.24) is 4.90 Å². The van der Waals surface area contributed by atoms with E-state index in [0.717, 1.165) is 24.0 Å². The smallest absolute Gasteiger partial charge is 0.119 e. The normalized spacial score (nSPS) is 25.6. The summed E-state index contributed by atoms with van der Waals surface area (Å²) in [5, 5.41) is 0. The van der Waals surface area contributed by atoms with Crippen molar-refractivity contribution in [1.29, 1.82) is 0 Å². The third-order valence-electron chi connectivity index (χ3n) is 4.43. The molecular weight excluding hydrogens is 236 g/mol. The highest BCUT2D eigenvalue weighted by Crippen LogP contribution is 2.27. The standard InChI is InChI=1S/C16H24N2O/c17-13-7-9-15(10-8-13)19-16-6-3-11-18(12-16)14-4-1-2-5-14/h7-10,14,16H,1-6,11-12,17H2. The Bertz CT molecular complexity index is 398. The van der Waals surface area contributed by atoms with Gasteiger partial charge in [0.2, 0.25) is 0 Å². The van der Waals surface area contributed by atoms with E-state index in [0.29, 0.717) is 6.10 Å². The van der Waals surface area contributed by atoms with Gasteiger partial charge in [0.15, 0.2) is 0 Å². The lowest BCUT2D eigenvalue weighted by Gasteiger charge is -2.36. The van der Waals surface area contributed by atoms with Crippen molar-refractivity contribution < 1.29 is 4.74 Å². The number of nitrogens with zero attached hydrogens (tertiary/aromatic N) is 1. The molecule has 0 bridgehead atoms. The Labute approximate surface area is 115 Å². The van der Waals surface area contributed by atoms with Crippen molar-refractivity contribution in [3.8, 4) is 5.75 Å². The second-order valence-electron chi connectivity index (χ2n) is 5.88. The summed E-state index contributed by atoms with van der Waals surface area (Å²) in [6.07, 6.45) is 8.36. The van der Waals surface area contributed by atoms with Gasteiger partial charge < -0.3 is 10.5 Å². The minimum Gasteiger partial charge on any atom is -0.489 e. The summed E-state index contributed by atoms with van der Waals surface area (Å²) in [7, 11) is 0. The van der Waals surface area contributed by atoms with Crippen LogP contribution in [0.1, 0.15) is 38.5 Å². The molecule has 3 rings (SSSR count). The van der Waals surface area contributed by atoms with Gasteiger partial charge in [-0.25, -0.2) is 0 Å². The van der Waals surface area contributed by atoms with E-state index >= 15 is 0 Å². The Morgan fingerprint density at radius 2 is 1.74 bits per heavy atom. The van der Waals surface area contributed by atoms with Crippen molar-refractivity contribution in [2.75, 3.05) is 18.8 Å². The fourth-order valence-electron chi connectivity index (χ4n) is 3.40. The Morgan fingerprint density at radius 3 is 2.47 bits per heavy atom. The van der Waals surface area contributed by atoms with Gasteiger partial charge in [0, 0.05) is 18.3 Å². The number of likely N-dealkylation sites (tertiary alicyclic amines) is 1. The van der Waals surface area contributed by atoms with Gasteiger partial charge in [-0.3, -0.25) is 4.90 Å². The van der Waals surface area contributed by atoms with E-state index in [1.54, 1.807) is 0 Å². The summed E-state index contributed by atoms with van der Waals surface area (Å²) in [6, 6.07) is 8.59. The quantitative estimate of drug-likeness (QED) is 0.849. The third-order valence-corrected chi connectivity index (χ3v) is 4.43. The van der Waals surface area contributed by atoms with Gasteiger partial charge in [0.25, 0.3) is 0 Å². The van der Waals surface area contributed by atoms with Crippen molar-refractivity contribution in [3.63, 3.8) is 0 Å². The highest BCUT2D eigenvalue weighted by atomic mass is 16.5. The lowest BCUT2D eigenvalue weighted by atomic mass is 10.0. The number of nitrogen functional groups attached to an aromatic ring is 1. The molecule has 1 atom stereocenters. The summed E-state index contributed by atoms with van der Waals surface area (Å²) in [4.78, 5) is 2.65. The maximum Gasteiger partial charge on any atom is 0.119 e. The molecule has 1 saturated heterocycles. The second kappa shape index (κ2) is 5.83. The Hall–Kier alpha value is -1.22. The number of nitrogens with two attached hydrogens (primary N) is 1. The van der Waals surface area contributed by atoms with Crippen molar-refractivity contribution in [3.05, 3.63) is 24.3 Å². The lowest BCUT2D eigenvalue weighted by molar-refractivity contribution is 0.0629. The molecule has 2 aliphatic rings. The SMILES string of the molecule is Nc1ccc(OC2CCCN(C3CCCC3)C2)cc1. The predicted molar refractivity (Wildman–Crippen MR) is 78.3 cm³/mol. The molecule has 1 saturated carbocycles. The largest absolute Gasteiger partial charge is 0.489 e. The second-order valence-corrected chi connectivity index (χ2v) is 5.88. The summed E-state index contributed by atoms with van der Waals surface area (Å²) in [6.45, 7) is 2.35. The molecule has 1 aliphatic heterocycles. The van der Waals surface area contributed by atoms with E-state index in [1.165, 1.54) is 45.1 Å². The first-order valence-electron chi connectivity index (χ1n) is 7.57. The molecule has 104 valence electrons. The molecule has 1 aromatic rings. The van der Waals surface area contributed by atoms with E-state index < -0.39 is 0 Å². The molecule has 0 amide bonds. The van der Waals surface area contributed by atoms with Crippen LogP contribution in [0.25, 0.3) is 0 Å². The molecule has 3 heteroatoms. The van der Waals surface area contributed by atoms with Gasteiger partial charge in [0.1, 0.15) is 11.9 Å². The van der Waals surface area contributed by atoms with Crippen LogP contribution in [0.3, 0.4) is 0 Å². The fraction of sp³-hybridized carbons (Fsp3) is 0.625. The Morgan fingerprint density at radius 1 is 1.00 bits per heavy atom. The maximum absolute atomic E-state index is 6.10. The molecule has 1 heterocycles. The van der Waals surface area contributed by atoms with Crippen molar-refractivity contribution in [2.45, 2.75) is 50.7 Å². The minimum atomic E-state index is 0.345. The number of piperidine rings is 1. The molecule has 0 aromatic heterocycles. The number of ether oxygens (including phenoxy) is 1. The molecule has 1 aromatic carbocycles. The molecule has 1 aliphatic carbocycles. The van der Waals surface area contributed by atoms with E-state index in [2.05, 4.69) is 4.90 Å². The molecule has 19 heavy (non-hydrogen) atoms. The first-order chi connectivity index (χ1) is 9.31. The van der Waals surface area contributed by atoms with Crippen LogP contribution < -0.4 is 10.5 Å². The molecule has 1 unspecified atom stereocenters. The summed E-state index contributed by atoms with van der Waals surface area (Å²) in [5.41, 5.74) is 6.50. The van der Waals surface area contributed by atoms with E-state index in [1.807, 2.05) is 24.3 Å². The van der Waals surface area contributed by atoms with Gasteiger partial charge in [-0.15, -0.1) is 0 Å². The topological polar surface area (TPSA) is 38.5 Å².